The largest absolute Gasteiger partial charge is 0.361 e. The lowest BCUT2D eigenvalue weighted by atomic mass is 9.73. The number of aromatic nitrogens is 1. The van der Waals surface area contributed by atoms with Crippen LogP contribution in [0.3, 0.4) is 0 Å². The fourth-order valence-corrected chi connectivity index (χ4v) is 3.14. The molecule has 0 radical (unpaired) electrons. The predicted octanol–water partition coefficient (Wildman–Crippen LogP) is 4.08. The van der Waals surface area contributed by atoms with Crippen molar-refractivity contribution in [2.45, 2.75) is 18.8 Å². The van der Waals surface area contributed by atoms with Gasteiger partial charge in [-0.1, -0.05) is 55.5 Å². The third kappa shape index (κ3) is 2.47. The molecule has 108 valence electrons. The van der Waals surface area contributed by atoms with Gasteiger partial charge in [0, 0.05) is 22.5 Å². The molecule has 0 saturated carbocycles. The summed E-state index contributed by atoms with van der Waals surface area (Å²) in [6.45, 7) is 3.33. The van der Waals surface area contributed by atoms with Crippen LogP contribution in [0.15, 0.2) is 60.8 Å². The molecule has 2 N–H and O–H groups in total. The summed E-state index contributed by atoms with van der Waals surface area (Å²) in [6, 6.07) is 19.3. The van der Waals surface area contributed by atoms with Crippen molar-refractivity contribution in [3.8, 4) is 0 Å². The van der Waals surface area contributed by atoms with Crippen molar-refractivity contribution in [1.82, 2.24) is 10.3 Å². The van der Waals surface area contributed by atoms with Crippen LogP contribution in [-0.4, -0.2) is 18.6 Å². The Bertz CT molecular complexity index is 715. The Morgan fingerprint density at radius 3 is 2.48 bits per heavy atom. The molecule has 0 amide bonds. The van der Waals surface area contributed by atoms with Crippen LogP contribution in [0.1, 0.15) is 24.5 Å². The first-order valence-corrected chi connectivity index (χ1v) is 7.52. The maximum absolute atomic E-state index is 3.42. The van der Waals surface area contributed by atoms with Crippen LogP contribution in [-0.2, 0) is 5.41 Å². The molecule has 1 heterocycles. The first-order chi connectivity index (χ1) is 10.3. The summed E-state index contributed by atoms with van der Waals surface area (Å²) >= 11 is 0. The quantitative estimate of drug-likeness (QED) is 0.723. The fraction of sp³-hybridized carbons (Fsp3) is 0.263. The minimum atomic E-state index is 0.00384. The van der Waals surface area contributed by atoms with Gasteiger partial charge in [-0.3, -0.25) is 0 Å². The van der Waals surface area contributed by atoms with Crippen LogP contribution in [0.25, 0.3) is 10.9 Å². The molecule has 1 unspecified atom stereocenters. The molecule has 0 aliphatic rings. The highest BCUT2D eigenvalue weighted by molar-refractivity contribution is 5.84. The number of H-pyrrole nitrogens is 1. The van der Waals surface area contributed by atoms with E-state index < -0.39 is 0 Å². The van der Waals surface area contributed by atoms with Crippen molar-refractivity contribution in [3.63, 3.8) is 0 Å². The third-order valence-corrected chi connectivity index (χ3v) is 4.47. The number of hydrogen-bond donors (Lipinski definition) is 2. The number of benzene rings is 2. The Labute approximate surface area is 126 Å². The van der Waals surface area contributed by atoms with Gasteiger partial charge < -0.3 is 10.3 Å². The van der Waals surface area contributed by atoms with Crippen molar-refractivity contribution in [2.24, 2.45) is 0 Å². The van der Waals surface area contributed by atoms with E-state index in [4.69, 9.17) is 0 Å². The normalized spacial score (nSPS) is 14.2. The van der Waals surface area contributed by atoms with Crippen molar-refractivity contribution >= 4 is 10.9 Å². The van der Waals surface area contributed by atoms with E-state index in [2.05, 4.69) is 78.0 Å². The van der Waals surface area contributed by atoms with Gasteiger partial charge in [-0.2, -0.15) is 0 Å². The Balaban J connectivity index is 2.15. The number of aromatic amines is 1. The minimum absolute atomic E-state index is 0.00384. The van der Waals surface area contributed by atoms with Gasteiger partial charge in [0.1, 0.15) is 0 Å². The van der Waals surface area contributed by atoms with Crippen molar-refractivity contribution < 1.29 is 0 Å². The van der Waals surface area contributed by atoms with E-state index in [1.165, 1.54) is 22.0 Å². The molecule has 3 aromatic rings. The van der Waals surface area contributed by atoms with E-state index in [1.54, 1.807) is 0 Å². The average Bonchev–Trinajstić information content (AvgIpc) is 2.98. The van der Waals surface area contributed by atoms with Gasteiger partial charge in [-0.05, 0) is 37.2 Å². The second kappa shape index (κ2) is 5.74. The van der Waals surface area contributed by atoms with E-state index in [9.17, 15) is 0 Å². The summed E-state index contributed by atoms with van der Waals surface area (Å²) in [5.41, 5.74) is 3.95. The molecule has 2 aromatic carbocycles. The molecule has 0 spiro atoms. The Kier molecular flexibility index (Phi) is 3.80. The lowest BCUT2D eigenvalue weighted by Gasteiger charge is -2.30. The monoisotopic (exact) mass is 278 g/mol. The second-order valence-corrected chi connectivity index (χ2v) is 5.80. The summed E-state index contributed by atoms with van der Waals surface area (Å²) in [6.07, 6.45) is 3.24. The third-order valence-electron chi connectivity index (χ3n) is 4.47. The van der Waals surface area contributed by atoms with Crippen LogP contribution in [0.2, 0.25) is 0 Å². The maximum Gasteiger partial charge on any atom is 0.0457 e. The maximum atomic E-state index is 3.42. The van der Waals surface area contributed by atoms with E-state index in [0.717, 1.165) is 13.0 Å². The molecule has 3 rings (SSSR count). The van der Waals surface area contributed by atoms with E-state index in [0.29, 0.717) is 0 Å². The molecule has 0 aliphatic carbocycles. The number of hydrogen-bond acceptors (Lipinski definition) is 1. The molecule has 2 heteroatoms. The molecule has 0 fully saturated rings. The van der Waals surface area contributed by atoms with Crippen LogP contribution >= 0.6 is 0 Å². The van der Waals surface area contributed by atoms with Gasteiger partial charge >= 0.3 is 0 Å². The van der Waals surface area contributed by atoms with E-state index in [-0.39, 0.29) is 5.41 Å². The summed E-state index contributed by atoms with van der Waals surface area (Å²) < 4.78 is 0. The molecule has 1 atom stereocenters. The first kappa shape index (κ1) is 13.9. The standard InChI is InChI=1S/C19H22N2/c1-19(12-13-20-2,15-8-4-3-5-9-15)17-14-21-18-11-7-6-10-16(17)18/h3-11,14,20-21H,12-13H2,1-2H3. The molecular weight excluding hydrogens is 256 g/mol. The SMILES string of the molecule is CNCCC(C)(c1ccccc1)c1c[nH]c2ccccc12. The summed E-state index contributed by atoms with van der Waals surface area (Å²) in [7, 11) is 2.01. The summed E-state index contributed by atoms with van der Waals surface area (Å²) in [5, 5.41) is 4.61. The van der Waals surface area contributed by atoms with Crippen molar-refractivity contribution in [3.05, 3.63) is 71.9 Å². The van der Waals surface area contributed by atoms with Gasteiger partial charge in [-0.25, -0.2) is 0 Å². The van der Waals surface area contributed by atoms with E-state index >= 15 is 0 Å². The van der Waals surface area contributed by atoms with Gasteiger partial charge in [0.05, 0.1) is 0 Å². The smallest absolute Gasteiger partial charge is 0.0457 e. The highest BCUT2D eigenvalue weighted by atomic mass is 14.8. The predicted molar refractivity (Wildman–Crippen MR) is 89.7 cm³/mol. The average molecular weight is 278 g/mol. The second-order valence-electron chi connectivity index (χ2n) is 5.80. The van der Waals surface area contributed by atoms with Gasteiger partial charge in [0.15, 0.2) is 0 Å². The molecule has 0 bridgehead atoms. The number of rotatable bonds is 5. The highest BCUT2D eigenvalue weighted by Crippen LogP contribution is 2.38. The molecule has 0 aliphatic heterocycles. The topological polar surface area (TPSA) is 27.8 Å². The number of nitrogens with one attached hydrogen (secondary N) is 2. The van der Waals surface area contributed by atoms with Crippen molar-refractivity contribution in [1.29, 1.82) is 0 Å². The van der Waals surface area contributed by atoms with Crippen LogP contribution < -0.4 is 5.32 Å². The zero-order valence-electron chi connectivity index (χ0n) is 12.7. The molecule has 2 nitrogen and oxygen atoms in total. The minimum Gasteiger partial charge on any atom is -0.361 e. The van der Waals surface area contributed by atoms with Crippen LogP contribution in [0.5, 0.6) is 0 Å². The van der Waals surface area contributed by atoms with Gasteiger partial charge in [-0.15, -0.1) is 0 Å². The fourth-order valence-electron chi connectivity index (χ4n) is 3.14. The van der Waals surface area contributed by atoms with E-state index in [1.807, 2.05) is 7.05 Å². The first-order valence-electron chi connectivity index (χ1n) is 7.52. The summed E-state index contributed by atoms with van der Waals surface area (Å²) in [4.78, 5) is 3.42. The lowest BCUT2D eigenvalue weighted by molar-refractivity contribution is 0.508. The van der Waals surface area contributed by atoms with Crippen molar-refractivity contribution in [2.75, 3.05) is 13.6 Å². The molecule has 21 heavy (non-hydrogen) atoms. The highest BCUT2D eigenvalue weighted by Gasteiger charge is 2.30. The lowest BCUT2D eigenvalue weighted by Crippen LogP contribution is -2.28. The molecular formula is C19H22N2. The molecule has 0 saturated heterocycles. The van der Waals surface area contributed by atoms with Gasteiger partial charge in [0.25, 0.3) is 0 Å². The Hall–Kier alpha value is -2.06. The zero-order chi connectivity index (χ0) is 14.7. The Morgan fingerprint density at radius 1 is 1.00 bits per heavy atom. The van der Waals surface area contributed by atoms with Crippen LogP contribution in [0, 0.1) is 0 Å². The van der Waals surface area contributed by atoms with Gasteiger partial charge in [0.2, 0.25) is 0 Å². The Morgan fingerprint density at radius 2 is 1.71 bits per heavy atom. The number of fused-ring (bicyclic) bond motifs is 1. The zero-order valence-corrected chi connectivity index (χ0v) is 12.7. The summed E-state index contributed by atoms with van der Waals surface area (Å²) in [5.74, 6) is 0. The number of para-hydroxylation sites is 1. The molecule has 1 aromatic heterocycles. The van der Waals surface area contributed by atoms with Crippen LogP contribution in [0.4, 0.5) is 0 Å².